The fourth-order valence-electron chi connectivity index (χ4n) is 4.69. The van der Waals surface area contributed by atoms with Crippen molar-refractivity contribution in [2.24, 2.45) is 28.5 Å². The number of carbonyl (C=O) groups is 1. The average molecular weight is 418 g/mol. The Morgan fingerprint density at radius 2 is 1.90 bits per heavy atom. The van der Waals surface area contributed by atoms with Gasteiger partial charge in [-0.05, 0) is 67.7 Å². The maximum atomic E-state index is 12.5. The number of amides is 1. The normalized spacial score (nSPS) is 22.5. The number of carbonyl (C=O) groups excluding carboxylic acids is 1. The standard InChI is InChI=1S/C26H31N3O2/c1-17(23-13-14-24(27)29-23)26(31)28-22-11-8-18(9-12-22)15-19-7-10-21(16-19)25(30)20-5-3-2-4-6-20/h2-6,8-9,11-13,17,19,21,25,30H,7,10,14-16H2,1H3,(H2,27,29)(H,28,31)/t17-,19-,21-,25+/m0/s1. The predicted molar refractivity (Wildman–Crippen MR) is 124 cm³/mol. The summed E-state index contributed by atoms with van der Waals surface area (Å²) in [5, 5.41) is 13.7. The summed E-state index contributed by atoms with van der Waals surface area (Å²) in [5.41, 5.74) is 9.52. The molecule has 1 heterocycles. The molecule has 0 unspecified atom stereocenters. The number of amidine groups is 1. The molecule has 1 aliphatic heterocycles. The number of hydrogen-bond acceptors (Lipinski definition) is 4. The van der Waals surface area contributed by atoms with E-state index in [1.165, 1.54) is 5.56 Å². The Morgan fingerprint density at radius 1 is 1.16 bits per heavy atom. The summed E-state index contributed by atoms with van der Waals surface area (Å²) < 4.78 is 0. The van der Waals surface area contributed by atoms with E-state index >= 15 is 0 Å². The third kappa shape index (κ3) is 5.23. The lowest BCUT2D eigenvalue weighted by Crippen LogP contribution is -2.21. The SMILES string of the molecule is C[C@H](C(=O)Nc1ccc(C[C@@H]2CC[C@H]([C@H](O)c3ccccc3)C2)cc1)C1=CCC(N)=N1. The minimum Gasteiger partial charge on any atom is -0.388 e. The van der Waals surface area contributed by atoms with E-state index < -0.39 is 0 Å². The number of rotatable bonds is 7. The summed E-state index contributed by atoms with van der Waals surface area (Å²) in [7, 11) is 0. The molecule has 2 aromatic rings. The summed E-state index contributed by atoms with van der Waals surface area (Å²) in [6.07, 6.45) is 6.41. The van der Waals surface area contributed by atoms with Crippen LogP contribution in [0.2, 0.25) is 0 Å². The van der Waals surface area contributed by atoms with Crippen molar-refractivity contribution in [3.8, 4) is 0 Å². The number of hydrogen-bond donors (Lipinski definition) is 3. The van der Waals surface area contributed by atoms with Crippen molar-refractivity contribution in [3.05, 3.63) is 77.5 Å². The summed E-state index contributed by atoms with van der Waals surface area (Å²) in [5.74, 6) is 1.07. The number of anilines is 1. The van der Waals surface area contributed by atoms with Crippen molar-refractivity contribution in [2.75, 3.05) is 5.32 Å². The van der Waals surface area contributed by atoms with Crippen LogP contribution in [0.3, 0.4) is 0 Å². The monoisotopic (exact) mass is 417 g/mol. The zero-order valence-electron chi connectivity index (χ0n) is 18.0. The van der Waals surface area contributed by atoms with Gasteiger partial charge in [-0.3, -0.25) is 4.79 Å². The molecule has 4 rings (SSSR count). The highest BCUT2D eigenvalue weighted by Crippen LogP contribution is 2.40. The lowest BCUT2D eigenvalue weighted by atomic mass is 9.91. The zero-order chi connectivity index (χ0) is 21.8. The van der Waals surface area contributed by atoms with Crippen LogP contribution in [-0.4, -0.2) is 16.8 Å². The Hall–Kier alpha value is -2.92. The van der Waals surface area contributed by atoms with Gasteiger partial charge in [0.05, 0.1) is 17.7 Å². The average Bonchev–Trinajstić information content (AvgIpc) is 3.44. The number of nitrogens with two attached hydrogens (primary N) is 1. The van der Waals surface area contributed by atoms with Gasteiger partial charge in [-0.1, -0.05) is 48.5 Å². The molecular weight excluding hydrogens is 386 g/mol. The van der Waals surface area contributed by atoms with Crippen LogP contribution < -0.4 is 11.1 Å². The van der Waals surface area contributed by atoms with E-state index in [1.54, 1.807) is 0 Å². The molecule has 5 heteroatoms. The first-order valence-electron chi connectivity index (χ1n) is 11.2. The van der Waals surface area contributed by atoms with Crippen LogP contribution in [0.4, 0.5) is 5.69 Å². The van der Waals surface area contributed by atoms with Crippen molar-refractivity contribution < 1.29 is 9.90 Å². The molecule has 0 aromatic heterocycles. The highest BCUT2D eigenvalue weighted by atomic mass is 16.3. The number of aliphatic imine (C=N–C) groups is 1. The van der Waals surface area contributed by atoms with Gasteiger partial charge in [0.25, 0.3) is 0 Å². The lowest BCUT2D eigenvalue weighted by molar-refractivity contribution is -0.118. The fourth-order valence-corrected chi connectivity index (χ4v) is 4.69. The molecule has 1 amide bonds. The number of nitrogens with zero attached hydrogens (tertiary/aromatic N) is 1. The minimum atomic E-state index is -0.375. The summed E-state index contributed by atoms with van der Waals surface area (Å²) >= 11 is 0. The highest BCUT2D eigenvalue weighted by molar-refractivity contribution is 5.95. The number of aliphatic hydroxyl groups excluding tert-OH is 1. The van der Waals surface area contributed by atoms with E-state index in [0.717, 1.165) is 42.6 Å². The Kier molecular flexibility index (Phi) is 6.52. The van der Waals surface area contributed by atoms with Crippen LogP contribution in [0.15, 0.2) is 71.4 Å². The molecule has 1 aliphatic carbocycles. The Labute approximate surface area is 184 Å². The quantitative estimate of drug-likeness (QED) is 0.615. The Morgan fingerprint density at radius 3 is 2.58 bits per heavy atom. The Balaban J connectivity index is 1.28. The lowest BCUT2D eigenvalue weighted by Gasteiger charge is -2.19. The van der Waals surface area contributed by atoms with E-state index in [4.69, 9.17) is 5.73 Å². The van der Waals surface area contributed by atoms with Crippen LogP contribution in [0.25, 0.3) is 0 Å². The van der Waals surface area contributed by atoms with Crippen LogP contribution in [0, 0.1) is 17.8 Å². The molecule has 1 saturated carbocycles. The minimum absolute atomic E-state index is 0.0778. The van der Waals surface area contributed by atoms with E-state index in [9.17, 15) is 9.90 Å². The van der Waals surface area contributed by atoms with Crippen LogP contribution >= 0.6 is 0 Å². The van der Waals surface area contributed by atoms with Crippen LogP contribution in [-0.2, 0) is 11.2 Å². The first-order chi connectivity index (χ1) is 15.0. The van der Waals surface area contributed by atoms with Gasteiger partial charge in [0.15, 0.2) is 0 Å². The van der Waals surface area contributed by atoms with E-state index in [1.807, 2.05) is 55.5 Å². The van der Waals surface area contributed by atoms with Gasteiger partial charge in [0, 0.05) is 12.1 Å². The van der Waals surface area contributed by atoms with Crippen molar-refractivity contribution in [3.63, 3.8) is 0 Å². The molecular formula is C26H31N3O2. The van der Waals surface area contributed by atoms with E-state index in [2.05, 4.69) is 22.4 Å². The number of nitrogens with one attached hydrogen (secondary N) is 1. The molecule has 4 atom stereocenters. The molecule has 0 saturated heterocycles. The second-order valence-electron chi connectivity index (χ2n) is 8.84. The predicted octanol–water partition coefficient (Wildman–Crippen LogP) is 4.60. The molecule has 162 valence electrons. The van der Waals surface area contributed by atoms with Crippen LogP contribution in [0.1, 0.15) is 49.8 Å². The van der Waals surface area contributed by atoms with E-state index in [-0.39, 0.29) is 17.9 Å². The molecule has 2 aromatic carbocycles. The summed E-state index contributed by atoms with van der Waals surface area (Å²) in [6, 6.07) is 18.1. The van der Waals surface area contributed by atoms with Gasteiger partial charge in [-0.25, -0.2) is 4.99 Å². The third-order valence-electron chi connectivity index (χ3n) is 6.55. The van der Waals surface area contributed by atoms with Crippen LogP contribution in [0.5, 0.6) is 0 Å². The van der Waals surface area contributed by atoms with E-state index in [0.29, 0.717) is 24.1 Å². The maximum Gasteiger partial charge on any atom is 0.233 e. The van der Waals surface area contributed by atoms with Gasteiger partial charge in [0.2, 0.25) is 5.91 Å². The number of benzene rings is 2. The summed E-state index contributed by atoms with van der Waals surface area (Å²) in [4.78, 5) is 16.7. The van der Waals surface area contributed by atoms with Gasteiger partial charge in [-0.15, -0.1) is 0 Å². The fraction of sp³-hybridized carbons (Fsp3) is 0.385. The topological polar surface area (TPSA) is 87.7 Å². The zero-order valence-corrected chi connectivity index (χ0v) is 18.0. The van der Waals surface area contributed by atoms with Gasteiger partial charge in [0.1, 0.15) is 5.84 Å². The largest absolute Gasteiger partial charge is 0.388 e. The number of aliphatic hydroxyl groups is 1. The molecule has 0 radical (unpaired) electrons. The third-order valence-corrected chi connectivity index (χ3v) is 6.55. The Bertz CT molecular complexity index is 966. The van der Waals surface area contributed by atoms with Gasteiger partial charge < -0.3 is 16.2 Å². The van der Waals surface area contributed by atoms with Crippen molar-refractivity contribution in [2.45, 2.75) is 45.1 Å². The first-order valence-corrected chi connectivity index (χ1v) is 11.2. The molecule has 5 nitrogen and oxygen atoms in total. The second-order valence-corrected chi connectivity index (χ2v) is 8.84. The molecule has 2 aliphatic rings. The van der Waals surface area contributed by atoms with Crippen molar-refractivity contribution in [1.82, 2.24) is 0 Å². The van der Waals surface area contributed by atoms with Gasteiger partial charge in [-0.2, -0.15) is 0 Å². The smallest absolute Gasteiger partial charge is 0.233 e. The molecule has 31 heavy (non-hydrogen) atoms. The second kappa shape index (κ2) is 9.48. The van der Waals surface area contributed by atoms with Crippen molar-refractivity contribution in [1.29, 1.82) is 0 Å². The van der Waals surface area contributed by atoms with Crippen molar-refractivity contribution >= 4 is 17.4 Å². The molecule has 0 spiro atoms. The highest BCUT2D eigenvalue weighted by Gasteiger charge is 2.30. The maximum absolute atomic E-state index is 12.5. The molecule has 1 fully saturated rings. The summed E-state index contributed by atoms with van der Waals surface area (Å²) in [6.45, 7) is 1.85. The van der Waals surface area contributed by atoms with Gasteiger partial charge >= 0.3 is 0 Å². The first kappa shape index (κ1) is 21.3. The molecule has 4 N–H and O–H groups in total. The molecule has 0 bridgehead atoms.